The van der Waals surface area contributed by atoms with Crippen molar-refractivity contribution in [3.05, 3.63) is 24.0 Å². The van der Waals surface area contributed by atoms with E-state index in [1.807, 2.05) is 20.8 Å². The minimum Gasteiger partial charge on any atom is -0.508 e. The van der Waals surface area contributed by atoms with Crippen LogP contribution in [-0.2, 0) is 10.0 Å². The molecule has 0 aromatic heterocycles. The van der Waals surface area contributed by atoms with E-state index in [1.165, 1.54) is 12.1 Å². The number of hydrogen-bond acceptors (Lipinski definition) is 3. The van der Waals surface area contributed by atoms with Gasteiger partial charge in [-0.25, -0.2) is 12.8 Å². The Morgan fingerprint density at radius 3 is 2.44 bits per heavy atom. The zero-order valence-electron chi connectivity index (χ0n) is 10.7. The van der Waals surface area contributed by atoms with Crippen molar-refractivity contribution < 1.29 is 17.9 Å². The number of rotatable bonds is 4. The largest absolute Gasteiger partial charge is 0.508 e. The molecule has 0 fully saturated rings. The van der Waals surface area contributed by atoms with E-state index in [2.05, 4.69) is 4.72 Å². The summed E-state index contributed by atoms with van der Waals surface area (Å²) < 4.78 is 39.0. The summed E-state index contributed by atoms with van der Waals surface area (Å²) in [5.74, 6) is -1.11. The fourth-order valence-electron chi connectivity index (χ4n) is 1.25. The highest BCUT2D eigenvalue weighted by atomic mass is 32.2. The normalized spacial score (nSPS) is 12.4. The molecule has 0 unspecified atom stereocenters. The average Bonchev–Trinajstić information content (AvgIpc) is 2.19. The van der Waals surface area contributed by atoms with Crippen LogP contribution in [0.1, 0.15) is 27.2 Å². The van der Waals surface area contributed by atoms with Crippen molar-refractivity contribution in [3.8, 4) is 5.75 Å². The lowest BCUT2D eigenvalue weighted by Gasteiger charge is -2.18. The van der Waals surface area contributed by atoms with Crippen LogP contribution in [0.3, 0.4) is 0 Å². The minimum absolute atomic E-state index is 0.0726. The van der Waals surface area contributed by atoms with E-state index in [0.29, 0.717) is 6.42 Å². The number of aromatic hydroxyl groups is 1. The van der Waals surface area contributed by atoms with Crippen molar-refractivity contribution in [1.82, 2.24) is 0 Å². The molecule has 0 heterocycles. The van der Waals surface area contributed by atoms with Gasteiger partial charge in [0.05, 0.1) is 11.4 Å². The molecule has 18 heavy (non-hydrogen) atoms. The van der Waals surface area contributed by atoms with Crippen LogP contribution in [-0.4, -0.2) is 19.3 Å². The van der Waals surface area contributed by atoms with Gasteiger partial charge in [-0.05, 0) is 24.0 Å². The molecule has 0 aliphatic carbocycles. The predicted molar refractivity (Wildman–Crippen MR) is 69.5 cm³/mol. The first-order chi connectivity index (χ1) is 8.09. The van der Waals surface area contributed by atoms with Crippen LogP contribution in [0.4, 0.5) is 10.1 Å². The summed E-state index contributed by atoms with van der Waals surface area (Å²) >= 11 is 0. The summed E-state index contributed by atoms with van der Waals surface area (Å²) in [5, 5.41) is 9.03. The van der Waals surface area contributed by atoms with Gasteiger partial charge >= 0.3 is 0 Å². The molecule has 0 aliphatic heterocycles. The molecule has 1 rings (SSSR count). The first-order valence-corrected chi connectivity index (χ1v) is 7.23. The molecule has 0 bridgehead atoms. The fraction of sp³-hybridized carbons (Fsp3) is 0.500. The van der Waals surface area contributed by atoms with E-state index in [9.17, 15) is 12.8 Å². The van der Waals surface area contributed by atoms with Gasteiger partial charge in [0.15, 0.2) is 5.82 Å². The van der Waals surface area contributed by atoms with Crippen LogP contribution in [0.15, 0.2) is 18.2 Å². The first kappa shape index (κ1) is 14.8. The highest BCUT2D eigenvalue weighted by Gasteiger charge is 2.18. The molecule has 102 valence electrons. The number of hydrogen-bond donors (Lipinski definition) is 2. The Hall–Kier alpha value is -1.30. The minimum atomic E-state index is -3.57. The van der Waals surface area contributed by atoms with Crippen molar-refractivity contribution in [2.75, 3.05) is 10.5 Å². The summed E-state index contributed by atoms with van der Waals surface area (Å²) in [6.45, 7) is 5.80. The van der Waals surface area contributed by atoms with Crippen molar-refractivity contribution >= 4 is 15.7 Å². The van der Waals surface area contributed by atoms with Gasteiger partial charge in [0.2, 0.25) is 10.0 Å². The smallest absolute Gasteiger partial charge is 0.232 e. The van der Waals surface area contributed by atoms with Crippen molar-refractivity contribution in [1.29, 1.82) is 0 Å². The second-order valence-corrected chi connectivity index (χ2v) is 7.24. The van der Waals surface area contributed by atoms with E-state index in [1.54, 1.807) is 0 Å². The van der Waals surface area contributed by atoms with Gasteiger partial charge in [0.25, 0.3) is 0 Å². The molecule has 0 aliphatic rings. The van der Waals surface area contributed by atoms with Gasteiger partial charge in [-0.15, -0.1) is 0 Å². The summed E-state index contributed by atoms with van der Waals surface area (Å²) in [7, 11) is -3.57. The van der Waals surface area contributed by atoms with Gasteiger partial charge in [-0.1, -0.05) is 20.8 Å². The maximum Gasteiger partial charge on any atom is 0.232 e. The lowest BCUT2D eigenvalue weighted by molar-refractivity contribution is 0.397. The molecule has 2 N–H and O–H groups in total. The molecule has 1 aromatic carbocycles. The molecule has 0 radical (unpaired) electrons. The maximum absolute atomic E-state index is 13.4. The number of phenolic OH excluding ortho intramolecular Hbond substituents is 1. The average molecular weight is 275 g/mol. The molecule has 0 amide bonds. The third kappa shape index (κ3) is 4.91. The van der Waals surface area contributed by atoms with Crippen LogP contribution >= 0.6 is 0 Å². The Balaban J connectivity index is 2.77. The maximum atomic E-state index is 13.4. The monoisotopic (exact) mass is 275 g/mol. The molecule has 0 saturated heterocycles. The number of halogens is 1. The van der Waals surface area contributed by atoms with Crippen LogP contribution in [0.25, 0.3) is 0 Å². The highest BCUT2D eigenvalue weighted by Crippen LogP contribution is 2.23. The SMILES string of the molecule is CC(C)(C)CCS(=O)(=O)Nc1ccc(O)cc1F. The Kier molecular flexibility index (Phi) is 4.21. The lowest BCUT2D eigenvalue weighted by Crippen LogP contribution is -2.21. The Bertz CT molecular complexity index is 521. The molecule has 0 saturated carbocycles. The van der Waals surface area contributed by atoms with Crippen LogP contribution < -0.4 is 4.72 Å². The third-order valence-electron chi connectivity index (χ3n) is 2.34. The molecule has 0 atom stereocenters. The third-order valence-corrected chi connectivity index (χ3v) is 3.61. The van der Waals surface area contributed by atoms with E-state index >= 15 is 0 Å². The van der Waals surface area contributed by atoms with Gasteiger partial charge in [0, 0.05) is 6.07 Å². The molecule has 6 heteroatoms. The molecule has 0 spiro atoms. The molecular formula is C12H18FNO3S. The van der Waals surface area contributed by atoms with Crippen LogP contribution in [0.5, 0.6) is 5.75 Å². The zero-order chi connectivity index (χ0) is 14.0. The Morgan fingerprint density at radius 2 is 1.94 bits per heavy atom. The van der Waals surface area contributed by atoms with Gasteiger partial charge in [0.1, 0.15) is 5.75 Å². The van der Waals surface area contributed by atoms with E-state index in [4.69, 9.17) is 5.11 Å². The fourth-order valence-corrected chi connectivity index (χ4v) is 2.73. The second kappa shape index (κ2) is 5.14. The zero-order valence-corrected chi connectivity index (χ0v) is 11.5. The number of nitrogens with one attached hydrogen (secondary N) is 1. The molecular weight excluding hydrogens is 257 g/mol. The Morgan fingerprint density at radius 1 is 1.33 bits per heavy atom. The quantitative estimate of drug-likeness (QED) is 0.830. The topological polar surface area (TPSA) is 66.4 Å². The van der Waals surface area contributed by atoms with Gasteiger partial charge in [-0.2, -0.15) is 0 Å². The molecule has 1 aromatic rings. The summed E-state index contributed by atoms with van der Waals surface area (Å²) in [5.41, 5.74) is -0.260. The standard InChI is InChI=1S/C12H18FNO3S/c1-12(2,3)6-7-18(16,17)14-11-5-4-9(15)8-10(11)13/h4-5,8,14-15H,6-7H2,1-3H3. The Labute approximate surface area is 107 Å². The van der Waals surface area contributed by atoms with Crippen molar-refractivity contribution in [2.45, 2.75) is 27.2 Å². The van der Waals surface area contributed by atoms with Crippen LogP contribution in [0.2, 0.25) is 0 Å². The van der Waals surface area contributed by atoms with Crippen molar-refractivity contribution in [3.63, 3.8) is 0 Å². The van der Waals surface area contributed by atoms with E-state index in [0.717, 1.165) is 6.07 Å². The van der Waals surface area contributed by atoms with Crippen LogP contribution in [0, 0.1) is 11.2 Å². The second-order valence-electron chi connectivity index (χ2n) is 5.40. The van der Waals surface area contributed by atoms with E-state index < -0.39 is 15.8 Å². The number of sulfonamides is 1. The summed E-state index contributed by atoms with van der Waals surface area (Å²) in [6, 6.07) is 3.28. The predicted octanol–water partition coefficient (Wildman–Crippen LogP) is 2.71. The number of phenols is 1. The number of anilines is 1. The summed E-state index contributed by atoms with van der Waals surface area (Å²) in [4.78, 5) is 0. The van der Waals surface area contributed by atoms with Gasteiger partial charge < -0.3 is 5.11 Å². The van der Waals surface area contributed by atoms with Crippen molar-refractivity contribution in [2.24, 2.45) is 5.41 Å². The lowest BCUT2D eigenvalue weighted by atomic mass is 9.94. The summed E-state index contributed by atoms with van der Waals surface area (Å²) in [6.07, 6.45) is 0.474. The highest BCUT2D eigenvalue weighted by molar-refractivity contribution is 7.92. The number of benzene rings is 1. The van der Waals surface area contributed by atoms with Gasteiger partial charge in [-0.3, -0.25) is 4.72 Å². The van der Waals surface area contributed by atoms with E-state index in [-0.39, 0.29) is 22.6 Å². The first-order valence-electron chi connectivity index (χ1n) is 5.58. The molecule has 4 nitrogen and oxygen atoms in total.